The summed E-state index contributed by atoms with van der Waals surface area (Å²) in [6, 6.07) is 0. The number of hydrogen-bond acceptors (Lipinski definition) is 5. The predicted molar refractivity (Wildman–Crippen MR) is 57.1 cm³/mol. The van der Waals surface area contributed by atoms with Gasteiger partial charge in [0.15, 0.2) is 8.32 Å². The van der Waals surface area contributed by atoms with Crippen LogP contribution in [-0.2, 0) is 9.16 Å². The number of rotatable bonds is 3. The lowest BCUT2D eigenvalue weighted by Crippen LogP contribution is -2.55. The largest absolute Gasteiger partial charge is 0.415 e. The van der Waals surface area contributed by atoms with Crippen molar-refractivity contribution < 1.29 is 24.5 Å². The Balaban J connectivity index is 2.43. The van der Waals surface area contributed by atoms with Crippen molar-refractivity contribution in [1.29, 1.82) is 0 Å². The second kappa shape index (κ2) is 4.90. The van der Waals surface area contributed by atoms with Gasteiger partial charge in [-0.1, -0.05) is 0 Å². The first kappa shape index (κ1) is 13.1. The molecule has 6 heteroatoms. The first-order valence-electron chi connectivity index (χ1n) is 5.11. The maximum atomic E-state index is 9.61. The fourth-order valence-electron chi connectivity index (χ4n) is 1.35. The highest BCUT2D eigenvalue weighted by Gasteiger charge is 2.38. The van der Waals surface area contributed by atoms with Crippen molar-refractivity contribution in [2.24, 2.45) is 0 Å². The maximum Gasteiger partial charge on any atom is 0.183 e. The molecule has 0 bridgehead atoms. The standard InChI is InChI=1S/C9H20O5Si/c1-15(2,3)14-5-7-9(12)8(11)6(10)4-13-7/h6-12H,4-5H2,1-3H3/t6-,7+,8+,9+/m0/s1. The van der Waals surface area contributed by atoms with Crippen LogP contribution in [0.2, 0.25) is 19.6 Å². The normalized spacial score (nSPS) is 38.0. The zero-order valence-electron chi connectivity index (χ0n) is 9.38. The van der Waals surface area contributed by atoms with E-state index in [9.17, 15) is 15.3 Å². The number of aliphatic hydroxyl groups excluding tert-OH is 3. The summed E-state index contributed by atoms with van der Waals surface area (Å²) in [5.41, 5.74) is 0. The maximum absolute atomic E-state index is 9.61. The minimum Gasteiger partial charge on any atom is -0.415 e. The van der Waals surface area contributed by atoms with Crippen molar-refractivity contribution in [3.05, 3.63) is 0 Å². The van der Waals surface area contributed by atoms with E-state index in [0.717, 1.165) is 0 Å². The van der Waals surface area contributed by atoms with Gasteiger partial charge < -0.3 is 24.5 Å². The third kappa shape index (κ3) is 3.82. The average molecular weight is 236 g/mol. The summed E-state index contributed by atoms with van der Waals surface area (Å²) < 4.78 is 10.8. The molecule has 0 saturated carbocycles. The molecule has 0 aromatic carbocycles. The van der Waals surface area contributed by atoms with E-state index in [-0.39, 0.29) is 13.2 Å². The van der Waals surface area contributed by atoms with Gasteiger partial charge in [-0.05, 0) is 19.6 Å². The first-order valence-corrected chi connectivity index (χ1v) is 8.52. The summed E-state index contributed by atoms with van der Waals surface area (Å²) in [6.45, 7) is 6.41. The molecule has 0 unspecified atom stereocenters. The van der Waals surface area contributed by atoms with E-state index in [4.69, 9.17) is 9.16 Å². The predicted octanol–water partition coefficient (Wildman–Crippen LogP) is -0.681. The van der Waals surface area contributed by atoms with Gasteiger partial charge in [0.1, 0.15) is 24.4 Å². The monoisotopic (exact) mass is 236 g/mol. The zero-order valence-corrected chi connectivity index (χ0v) is 10.4. The van der Waals surface area contributed by atoms with E-state index in [1.807, 2.05) is 19.6 Å². The van der Waals surface area contributed by atoms with Gasteiger partial charge in [0.05, 0.1) is 13.2 Å². The Labute approximate surface area is 90.8 Å². The van der Waals surface area contributed by atoms with Gasteiger partial charge in [0, 0.05) is 0 Å². The van der Waals surface area contributed by atoms with Crippen molar-refractivity contribution in [3.8, 4) is 0 Å². The van der Waals surface area contributed by atoms with Crippen LogP contribution in [0.3, 0.4) is 0 Å². The molecule has 0 amide bonds. The number of ether oxygens (including phenoxy) is 1. The molecule has 3 N–H and O–H groups in total. The first-order chi connectivity index (χ1) is 6.81. The van der Waals surface area contributed by atoms with E-state index in [0.29, 0.717) is 0 Å². The summed E-state index contributed by atoms with van der Waals surface area (Å²) >= 11 is 0. The van der Waals surface area contributed by atoms with Crippen LogP contribution in [0.4, 0.5) is 0 Å². The molecule has 1 aliphatic heterocycles. The van der Waals surface area contributed by atoms with Crippen molar-refractivity contribution in [2.75, 3.05) is 13.2 Å². The lowest BCUT2D eigenvalue weighted by Gasteiger charge is -2.36. The smallest absolute Gasteiger partial charge is 0.183 e. The van der Waals surface area contributed by atoms with Gasteiger partial charge in [-0.15, -0.1) is 0 Å². The molecule has 0 aliphatic carbocycles. The van der Waals surface area contributed by atoms with Crippen LogP contribution in [0.25, 0.3) is 0 Å². The Kier molecular flexibility index (Phi) is 4.27. The number of aliphatic hydroxyl groups is 3. The highest BCUT2D eigenvalue weighted by atomic mass is 28.4. The van der Waals surface area contributed by atoms with E-state index in [1.165, 1.54) is 0 Å². The molecule has 0 spiro atoms. The molecule has 1 rings (SSSR count). The topological polar surface area (TPSA) is 79.2 Å². The quantitative estimate of drug-likeness (QED) is 0.566. The van der Waals surface area contributed by atoms with Gasteiger partial charge in [0.2, 0.25) is 0 Å². The van der Waals surface area contributed by atoms with Crippen LogP contribution in [0, 0.1) is 0 Å². The van der Waals surface area contributed by atoms with Gasteiger partial charge >= 0.3 is 0 Å². The summed E-state index contributed by atoms with van der Waals surface area (Å²) in [5, 5.41) is 28.3. The molecule has 1 saturated heterocycles. The van der Waals surface area contributed by atoms with Gasteiger partial charge in [-0.2, -0.15) is 0 Å². The van der Waals surface area contributed by atoms with Crippen molar-refractivity contribution >= 4 is 8.32 Å². The molecular formula is C9H20O5Si. The molecule has 90 valence electrons. The molecule has 5 nitrogen and oxygen atoms in total. The molecule has 15 heavy (non-hydrogen) atoms. The van der Waals surface area contributed by atoms with Crippen LogP contribution in [-0.4, -0.2) is 61.3 Å². The summed E-state index contributed by atoms with van der Waals surface area (Å²) in [4.78, 5) is 0. The molecular weight excluding hydrogens is 216 g/mol. The van der Waals surface area contributed by atoms with Crippen molar-refractivity contribution in [3.63, 3.8) is 0 Å². The minimum absolute atomic E-state index is 0.0396. The fourth-order valence-corrected chi connectivity index (χ4v) is 2.01. The number of hydrogen-bond donors (Lipinski definition) is 3. The highest BCUT2D eigenvalue weighted by molar-refractivity contribution is 6.69. The third-order valence-corrected chi connectivity index (χ3v) is 3.32. The second-order valence-electron chi connectivity index (χ2n) is 4.84. The van der Waals surface area contributed by atoms with E-state index in [2.05, 4.69) is 0 Å². The van der Waals surface area contributed by atoms with Crippen LogP contribution in [0.15, 0.2) is 0 Å². The van der Waals surface area contributed by atoms with Crippen molar-refractivity contribution in [2.45, 2.75) is 44.1 Å². The lowest BCUT2D eigenvalue weighted by molar-refractivity contribution is -0.193. The summed E-state index contributed by atoms with van der Waals surface area (Å²) in [7, 11) is -1.65. The van der Waals surface area contributed by atoms with Gasteiger partial charge in [-0.25, -0.2) is 0 Å². The zero-order chi connectivity index (χ0) is 11.6. The Hall–Kier alpha value is 0.0169. The fraction of sp³-hybridized carbons (Fsp3) is 1.00. The third-order valence-electron chi connectivity index (χ3n) is 2.29. The van der Waals surface area contributed by atoms with E-state index < -0.39 is 32.7 Å². The van der Waals surface area contributed by atoms with Crippen LogP contribution >= 0.6 is 0 Å². The molecule has 0 radical (unpaired) electrons. The van der Waals surface area contributed by atoms with E-state index >= 15 is 0 Å². The van der Waals surface area contributed by atoms with Gasteiger partial charge in [0.25, 0.3) is 0 Å². The summed E-state index contributed by atoms with van der Waals surface area (Å²) in [6.07, 6.45) is -3.78. The van der Waals surface area contributed by atoms with Crippen LogP contribution in [0.1, 0.15) is 0 Å². The average Bonchev–Trinajstić information content (AvgIpc) is 2.12. The SMILES string of the molecule is C[Si](C)(C)OC[C@H]1OC[C@H](O)[C@@H](O)[C@@H]1O. The molecule has 0 aromatic rings. The molecule has 1 fully saturated rings. The molecule has 1 aliphatic rings. The minimum atomic E-state index is -1.65. The summed E-state index contributed by atoms with van der Waals surface area (Å²) in [5.74, 6) is 0. The molecule has 0 aromatic heterocycles. The Morgan fingerprint density at radius 3 is 2.33 bits per heavy atom. The van der Waals surface area contributed by atoms with E-state index in [1.54, 1.807) is 0 Å². The Morgan fingerprint density at radius 1 is 1.20 bits per heavy atom. The molecule has 4 atom stereocenters. The lowest BCUT2D eigenvalue weighted by atomic mass is 10.0. The van der Waals surface area contributed by atoms with Crippen molar-refractivity contribution in [1.82, 2.24) is 0 Å². The van der Waals surface area contributed by atoms with Gasteiger partial charge in [-0.3, -0.25) is 0 Å². The Morgan fingerprint density at radius 2 is 1.80 bits per heavy atom. The highest BCUT2D eigenvalue weighted by Crippen LogP contribution is 2.17. The van der Waals surface area contributed by atoms with Crippen LogP contribution < -0.4 is 0 Å². The Bertz CT molecular complexity index is 205. The molecule has 1 heterocycles. The second-order valence-corrected chi connectivity index (χ2v) is 9.36. The van der Waals surface area contributed by atoms with Crippen LogP contribution in [0.5, 0.6) is 0 Å².